The SMILES string of the molecule is COC(=O)[C@H](C)n1cnc2scc(-c3ccccc3)c2c1=O. The van der Waals surface area contributed by atoms with Gasteiger partial charge in [-0.25, -0.2) is 9.78 Å². The number of carbonyl (C=O) groups is 1. The van der Waals surface area contributed by atoms with Crippen molar-refractivity contribution >= 4 is 27.5 Å². The molecule has 0 aliphatic rings. The lowest BCUT2D eigenvalue weighted by atomic mass is 10.1. The number of ether oxygens (including phenoxy) is 1. The van der Waals surface area contributed by atoms with Crippen molar-refractivity contribution in [1.29, 1.82) is 0 Å². The fourth-order valence-electron chi connectivity index (χ4n) is 2.34. The van der Waals surface area contributed by atoms with Crippen molar-refractivity contribution in [1.82, 2.24) is 9.55 Å². The first-order valence-corrected chi connectivity index (χ1v) is 7.63. The molecule has 0 unspecified atom stereocenters. The maximum atomic E-state index is 12.8. The van der Waals surface area contributed by atoms with Gasteiger partial charge in [0.05, 0.1) is 18.8 Å². The second-order valence-electron chi connectivity index (χ2n) is 4.85. The topological polar surface area (TPSA) is 61.2 Å². The molecule has 1 atom stereocenters. The molecule has 0 bridgehead atoms. The van der Waals surface area contributed by atoms with Crippen molar-refractivity contribution in [2.45, 2.75) is 13.0 Å². The summed E-state index contributed by atoms with van der Waals surface area (Å²) in [5.74, 6) is -0.472. The third kappa shape index (κ3) is 2.31. The maximum Gasteiger partial charge on any atom is 0.328 e. The van der Waals surface area contributed by atoms with Crippen molar-refractivity contribution in [3.8, 4) is 11.1 Å². The molecule has 0 aliphatic carbocycles. The van der Waals surface area contributed by atoms with E-state index in [1.807, 2.05) is 35.7 Å². The molecule has 0 saturated heterocycles. The lowest BCUT2D eigenvalue weighted by Gasteiger charge is -2.12. The molecule has 1 aromatic carbocycles. The molecule has 2 aromatic heterocycles. The molecule has 0 amide bonds. The second kappa shape index (κ2) is 5.73. The van der Waals surface area contributed by atoms with Crippen molar-refractivity contribution in [2.24, 2.45) is 0 Å². The largest absolute Gasteiger partial charge is 0.467 e. The number of carbonyl (C=O) groups excluding carboxylic acids is 1. The van der Waals surface area contributed by atoms with Gasteiger partial charge in [0, 0.05) is 10.9 Å². The number of methoxy groups -OCH3 is 1. The monoisotopic (exact) mass is 314 g/mol. The highest BCUT2D eigenvalue weighted by atomic mass is 32.1. The summed E-state index contributed by atoms with van der Waals surface area (Å²) in [5, 5.41) is 2.45. The van der Waals surface area contributed by atoms with E-state index < -0.39 is 12.0 Å². The third-order valence-electron chi connectivity index (χ3n) is 3.56. The molecule has 0 radical (unpaired) electrons. The minimum atomic E-state index is -0.710. The average molecular weight is 314 g/mol. The first-order valence-electron chi connectivity index (χ1n) is 6.75. The van der Waals surface area contributed by atoms with Crippen LogP contribution >= 0.6 is 11.3 Å². The molecule has 6 heteroatoms. The molecule has 3 rings (SSSR count). The van der Waals surface area contributed by atoms with E-state index in [4.69, 9.17) is 4.74 Å². The minimum absolute atomic E-state index is 0.233. The minimum Gasteiger partial charge on any atom is -0.467 e. The molecule has 0 spiro atoms. The van der Waals surface area contributed by atoms with Crippen LogP contribution in [0.25, 0.3) is 21.3 Å². The van der Waals surface area contributed by atoms with Gasteiger partial charge in [0.1, 0.15) is 10.9 Å². The van der Waals surface area contributed by atoms with E-state index in [0.717, 1.165) is 11.1 Å². The zero-order valence-electron chi connectivity index (χ0n) is 12.1. The van der Waals surface area contributed by atoms with Crippen LogP contribution in [-0.2, 0) is 9.53 Å². The van der Waals surface area contributed by atoms with Gasteiger partial charge in [-0.05, 0) is 12.5 Å². The van der Waals surface area contributed by atoms with Crippen LogP contribution in [0.3, 0.4) is 0 Å². The van der Waals surface area contributed by atoms with Gasteiger partial charge in [-0.15, -0.1) is 11.3 Å². The Bertz CT molecular complexity index is 883. The number of thiophene rings is 1. The van der Waals surface area contributed by atoms with Crippen LogP contribution in [-0.4, -0.2) is 22.6 Å². The molecular formula is C16H14N2O3S. The molecule has 0 fully saturated rings. The number of rotatable bonds is 3. The number of esters is 1. The van der Waals surface area contributed by atoms with Crippen LogP contribution in [0.15, 0.2) is 46.8 Å². The summed E-state index contributed by atoms with van der Waals surface area (Å²) in [7, 11) is 1.30. The molecule has 5 nitrogen and oxygen atoms in total. The Hall–Kier alpha value is -2.47. The van der Waals surface area contributed by atoms with E-state index in [0.29, 0.717) is 10.2 Å². The van der Waals surface area contributed by atoms with E-state index in [1.165, 1.54) is 29.3 Å². The van der Waals surface area contributed by atoms with Crippen molar-refractivity contribution in [3.63, 3.8) is 0 Å². The third-order valence-corrected chi connectivity index (χ3v) is 4.45. The maximum absolute atomic E-state index is 12.8. The summed E-state index contributed by atoms with van der Waals surface area (Å²) in [6, 6.07) is 8.95. The molecule has 22 heavy (non-hydrogen) atoms. The predicted octanol–water partition coefficient (Wildman–Crippen LogP) is 2.86. The molecule has 2 heterocycles. The lowest BCUT2D eigenvalue weighted by molar-refractivity contribution is -0.144. The molecule has 112 valence electrons. The van der Waals surface area contributed by atoms with E-state index in [1.54, 1.807) is 6.92 Å². The Labute approximate surface area is 130 Å². The number of hydrogen-bond acceptors (Lipinski definition) is 5. The Morgan fingerprint density at radius 1 is 1.32 bits per heavy atom. The van der Waals surface area contributed by atoms with E-state index in [2.05, 4.69) is 4.98 Å². The predicted molar refractivity (Wildman–Crippen MR) is 86.0 cm³/mol. The number of benzene rings is 1. The molecule has 0 saturated carbocycles. The number of hydrogen-bond donors (Lipinski definition) is 0. The van der Waals surface area contributed by atoms with Gasteiger partial charge < -0.3 is 4.74 Å². The summed E-state index contributed by atoms with van der Waals surface area (Å²) < 4.78 is 6.02. The highest BCUT2D eigenvalue weighted by Crippen LogP contribution is 2.30. The zero-order valence-corrected chi connectivity index (χ0v) is 13.0. The van der Waals surface area contributed by atoms with Gasteiger partial charge in [0.25, 0.3) is 5.56 Å². The van der Waals surface area contributed by atoms with Gasteiger partial charge in [-0.2, -0.15) is 0 Å². The van der Waals surface area contributed by atoms with Crippen LogP contribution in [0.2, 0.25) is 0 Å². The van der Waals surface area contributed by atoms with Gasteiger partial charge in [-0.1, -0.05) is 30.3 Å². The van der Waals surface area contributed by atoms with Crippen molar-refractivity contribution in [3.05, 3.63) is 52.4 Å². The zero-order chi connectivity index (χ0) is 15.7. The first-order chi connectivity index (χ1) is 10.6. The highest BCUT2D eigenvalue weighted by Gasteiger charge is 2.20. The second-order valence-corrected chi connectivity index (χ2v) is 5.71. The van der Waals surface area contributed by atoms with E-state index in [9.17, 15) is 9.59 Å². The van der Waals surface area contributed by atoms with E-state index in [-0.39, 0.29) is 5.56 Å². The van der Waals surface area contributed by atoms with Gasteiger partial charge >= 0.3 is 5.97 Å². The standard InChI is InChI=1S/C16H14N2O3S/c1-10(16(20)21-2)18-9-17-14-13(15(18)19)12(8-22-14)11-6-4-3-5-7-11/h3-10H,1-2H3/t10-/m0/s1. The summed E-state index contributed by atoms with van der Waals surface area (Å²) in [6.45, 7) is 1.62. The van der Waals surface area contributed by atoms with Gasteiger partial charge in [0.15, 0.2) is 0 Å². The highest BCUT2D eigenvalue weighted by molar-refractivity contribution is 7.17. The fourth-order valence-corrected chi connectivity index (χ4v) is 3.24. The summed E-state index contributed by atoms with van der Waals surface area (Å²) in [4.78, 5) is 29.4. The van der Waals surface area contributed by atoms with Crippen LogP contribution in [0.1, 0.15) is 13.0 Å². The Kier molecular flexibility index (Phi) is 3.77. The molecular weight excluding hydrogens is 300 g/mol. The van der Waals surface area contributed by atoms with Crippen LogP contribution in [0.5, 0.6) is 0 Å². The summed E-state index contributed by atoms with van der Waals surface area (Å²) >= 11 is 1.42. The van der Waals surface area contributed by atoms with Crippen molar-refractivity contribution in [2.75, 3.05) is 7.11 Å². The summed E-state index contributed by atoms with van der Waals surface area (Å²) in [5.41, 5.74) is 1.56. The summed E-state index contributed by atoms with van der Waals surface area (Å²) in [6.07, 6.45) is 1.40. The van der Waals surface area contributed by atoms with Crippen LogP contribution in [0.4, 0.5) is 0 Å². The van der Waals surface area contributed by atoms with Gasteiger partial charge in [0.2, 0.25) is 0 Å². The molecule has 3 aromatic rings. The van der Waals surface area contributed by atoms with Crippen LogP contribution < -0.4 is 5.56 Å². The smallest absolute Gasteiger partial charge is 0.328 e. The van der Waals surface area contributed by atoms with Crippen LogP contribution in [0, 0.1) is 0 Å². The van der Waals surface area contributed by atoms with Crippen molar-refractivity contribution < 1.29 is 9.53 Å². The number of aromatic nitrogens is 2. The molecule has 0 aliphatic heterocycles. The molecule has 0 N–H and O–H groups in total. The van der Waals surface area contributed by atoms with E-state index >= 15 is 0 Å². The quantitative estimate of drug-likeness (QED) is 0.697. The number of fused-ring (bicyclic) bond motifs is 1. The lowest BCUT2D eigenvalue weighted by Crippen LogP contribution is -2.29. The normalized spacial score (nSPS) is 12.3. The van der Waals surface area contributed by atoms with Gasteiger partial charge in [-0.3, -0.25) is 9.36 Å². The Balaban J connectivity index is 2.22. The Morgan fingerprint density at radius 3 is 2.73 bits per heavy atom. The Morgan fingerprint density at radius 2 is 2.05 bits per heavy atom. The number of nitrogens with zero attached hydrogens (tertiary/aromatic N) is 2. The first kappa shape index (κ1) is 14.5. The average Bonchev–Trinajstić information content (AvgIpc) is 2.99. The fraction of sp³-hybridized carbons (Fsp3) is 0.188.